The molecule has 2 aromatic heterocycles. The number of halogens is 1. The lowest BCUT2D eigenvalue weighted by atomic mass is 10.2. The van der Waals surface area contributed by atoms with Crippen LogP contribution in [0.4, 0.5) is 15.8 Å². The van der Waals surface area contributed by atoms with Crippen LogP contribution in [0, 0.1) is 5.82 Å². The van der Waals surface area contributed by atoms with Gasteiger partial charge in [0, 0.05) is 37.3 Å². The molecule has 28 heavy (non-hydrogen) atoms. The van der Waals surface area contributed by atoms with Crippen molar-refractivity contribution in [3.8, 4) is 11.5 Å². The number of rotatable bonds is 6. The predicted molar refractivity (Wildman–Crippen MR) is 98.6 cm³/mol. The number of carbonyl (C=O) groups excluding carboxylic acids is 1. The fourth-order valence-corrected chi connectivity index (χ4v) is 2.30. The van der Waals surface area contributed by atoms with Gasteiger partial charge in [-0.15, -0.1) is 0 Å². The summed E-state index contributed by atoms with van der Waals surface area (Å²) in [5, 5.41) is 14.3. The molecule has 1 aromatic carbocycles. The molecule has 0 bridgehead atoms. The zero-order valence-corrected chi connectivity index (χ0v) is 14.6. The van der Waals surface area contributed by atoms with Crippen molar-refractivity contribution in [2.75, 3.05) is 12.4 Å². The van der Waals surface area contributed by atoms with E-state index >= 15 is 0 Å². The molecule has 3 N–H and O–H groups in total. The molecule has 0 unspecified atom stereocenters. The third-order valence-corrected chi connectivity index (χ3v) is 3.63. The fraction of sp³-hybridized carbons (Fsp3) is 0.0526. The number of nitrogens with one attached hydrogen (secondary N) is 2. The van der Waals surface area contributed by atoms with E-state index < -0.39 is 11.8 Å². The van der Waals surface area contributed by atoms with Crippen LogP contribution in [0.3, 0.4) is 0 Å². The minimum absolute atomic E-state index is 0.169. The maximum absolute atomic E-state index is 14.4. The summed E-state index contributed by atoms with van der Waals surface area (Å²) in [6, 6.07) is 9.94. The first-order valence-electron chi connectivity index (χ1n) is 8.08. The Morgan fingerprint density at radius 1 is 1.00 bits per heavy atom. The van der Waals surface area contributed by atoms with E-state index in [-0.39, 0.29) is 34.5 Å². The van der Waals surface area contributed by atoms with Gasteiger partial charge in [0.05, 0.1) is 5.69 Å². The van der Waals surface area contributed by atoms with Gasteiger partial charge in [-0.25, -0.2) is 14.2 Å². The molecular weight excluding hydrogens is 367 g/mol. The van der Waals surface area contributed by atoms with Crippen LogP contribution in [-0.2, 0) is 0 Å². The van der Waals surface area contributed by atoms with Gasteiger partial charge in [-0.2, -0.15) is 0 Å². The molecule has 0 spiro atoms. The van der Waals surface area contributed by atoms with Crippen LogP contribution < -0.4 is 15.4 Å². The molecule has 3 rings (SSSR count). The number of amides is 1. The number of benzene rings is 1. The Labute approximate surface area is 159 Å². The van der Waals surface area contributed by atoms with Crippen LogP contribution in [0.1, 0.15) is 21.0 Å². The maximum Gasteiger partial charge on any atom is 0.354 e. The van der Waals surface area contributed by atoms with Crippen molar-refractivity contribution in [1.82, 2.24) is 15.3 Å². The second kappa shape index (κ2) is 8.12. The first-order valence-corrected chi connectivity index (χ1v) is 8.08. The van der Waals surface area contributed by atoms with E-state index in [9.17, 15) is 14.0 Å². The average Bonchev–Trinajstić information content (AvgIpc) is 2.70. The Balaban J connectivity index is 1.77. The molecule has 0 aliphatic carbocycles. The number of carboxylic acid groups (broad SMARTS) is 1. The second-order valence-electron chi connectivity index (χ2n) is 5.56. The summed E-state index contributed by atoms with van der Waals surface area (Å²) in [5.41, 5.74) is 0.671. The number of carboxylic acids is 1. The molecule has 0 saturated heterocycles. The number of hydrogen-bond acceptors (Lipinski definition) is 6. The number of pyridine rings is 2. The Kier molecular flexibility index (Phi) is 5.45. The van der Waals surface area contributed by atoms with Gasteiger partial charge in [-0.05, 0) is 30.3 Å². The van der Waals surface area contributed by atoms with Gasteiger partial charge in [-0.1, -0.05) is 0 Å². The molecule has 0 saturated carbocycles. The highest BCUT2D eigenvalue weighted by molar-refractivity contribution is 5.93. The van der Waals surface area contributed by atoms with Gasteiger partial charge in [-0.3, -0.25) is 9.78 Å². The van der Waals surface area contributed by atoms with Crippen molar-refractivity contribution >= 4 is 23.3 Å². The summed E-state index contributed by atoms with van der Waals surface area (Å²) in [6.07, 6.45) is 2.73. The SMILES string of the molecule is CNC(=O)c1cc(Nc2ccc(Oc3ccnc(C(=O)O)c3)cc2F)ccn1. The smallest absolute Gasteiger partial charge is 0.354 e. The molecule has 2 heterocycles. The van der Waals surface area contributed by atoms with Crippen LogP contribution in [-0.4, -0.2) is 34.0 Å². The molecule has 1 amide bonds. The van der Waals surface area contributed by atoms with E-state index in [0.29, 0.717) is 5.69 Å². The highest BCUT2D eigenvalue weighted by Gasteiger charge is 2.10. The molecule has 0 aliphatic rings. The van der Waals surface area contributed by atoms with Crippen LogP contribution >= 0.6 is 0 Å². The molecule has 9 heteroatoms. The van der Waals surface area contributed by atoms with Crippen LogP contribution in [0.5, 0.6) is 11.5 Å². The Morgan fingerprint density at radius 3 is 2.43 bits per heavy atom. The lowest BCUT2D eigenvalue weighted by Gasteiger charge is -2.11. The lowest BCUT2D eigenvalue weighted by molar-refractivity contribution is 0.0689. The number of ether oxygens (including phenoxy) is 1. The predicted octanol–water partition coefficient (Wildman–Crippen LogP) is 3.21. The molecule has 8 nitrogen and oxygen atoms in total. The van der Waals surface area contributed by atoms with Gasteiger partial charge in [0.25, 0.3) is 5.91 Å². The normalized spacial score (nSPS) is 10.2. The lowest BCUT2D eigenvalue weighted by Crippen LogP contribution is -2.19. The van der Waals surface area contributed by atoms with Gasteiger partial charge < -0.3 is 20.5 Å². The third kappa shape index (κ3) is 4.39. The summed E-state index contributed by atoms with van der Waals surface area (Å²) in [7, 11) is 1.49. The summed E-state index contributed by atoms with van der Waals surface area (Å²) in [4.78, 5) is 30.2. The third-order valence-electron chi connectivity index (χ3n) is 3.63. The molecular formula is C19H15FN4O4. The average molecular weight is 382 g/mol. The zero-order valence-electron chi connectivity index (χ0n) is 14.6. The Hall–Kier alpha value is -4.01. The van der Waals surface area contributed by atoms with E-state index in [1.807, 2.05) is 0 Å². The zero-order chi connectivity index (χ0) is 20.1. The number of aromatic carboxylic acids is 1. The standard InChI is InChI=1S/C19H15FN4O4/c1-21-18(25)16-8-11(4-6-22-16)24-15-3-2-12(9-14(15)20)28-13-5-7-23-17(10-13)19(26)27/h2-10H,1H3,(H,21,25)(H,22,24)(H,26,27). The molecule has 0 atom stereocenters. The van der Waals surface area contributed by atoms with E-state index in [1.165, 1.54) is 49.8 Å². The number of anilines is 2. The largest absolute Gasteiger partial charge is 0.477 e. The van der Waals surface area contributed by atoms with Crippen molar-refractivity contribution in [2.45, 2.75) is 0 Å². The molecule has 142 valence electrons. The van der Waals surface area contributed by atoms with E-state index in [1.54, 1.807) is 6.07 Å². The van der Waals surface area contributed by atoms with E-state index in [2.05, 4.69) is 20.6 Å². The van der Waals surface area contributed by atoms with E-state index in [0.717, 1.165) is 6.07 Å². The minimum atomic E-state index is -1.19. The van der Waals surface area contributed by atoms with Crippen molar-refractivity contribution in [1.29, 1.82) is 0 Å². The van der Waals surface area contributed by atoms with Crippen molar-refractivity contribution in [2.24, 2.45) is 0 Å². The minimum Gasteiger partial charge on any atom is -0.477 e. The molecule has 0 fully saturated rings. The monoisotopic (exact) mass is 382 g/mol. The number of hydrogen-bond donors (Lipinski definition) is 3. The number of aromatic nitrogens is 2. The van der Waals surface area contributed by atoms with Gasteiger partial charge >= 0.3 is 5.97 Å². The summed E-state index contributed by atoms with van der Waals surface area (Å²) in [5.74, 6) is -1.73. The summed E-state index contributed by atoms with van der Waals surface area (Å²) >= 11 is 0. The Morgan fingerprint density at radius 2 is 1.71 bits per heavy atom. The van der Waals surface area contributed by atoms with Gasteiger partial charge in [0.15, 0.2) is 5.69 Å². The van der Waals surface area contributed by atoms with E-state index in [4.69, 9.17) is 9.84 Å². The fourth-order valence-electron chi connectivity index (χ4n) is 2.30. The van der Waals surface area contributed by atoms with Gasteiger partial charge in [0.1, 0.15) is 23.0 Å². The first-order chi connectivity index (χ1) is 13.5. The summed E-state index contributed by atoms with van der Waals surface area (Å²) < 4.78 is 19.9. The highest BCUT2D eigenvalue weighted by atomic mass is 19.1. The van der Waals surface area contributed by atoms with Gasteiger partial charge in [0.2, 0.25) is 0 Å². The number of carbonyl (C=O) groups is 2. The molecule has 0 radical (unpaired) electrons. The van der Waals surface area contributed by atoms with Crippen LogP contribution in [0.25, 0.3) is 0 Å². The maximum atomic E-state index is 14.4. The van der Waals surface area contributed by atoms with Crippen LogP contribution in [0.15, 0.2) is 54.9 Å². The topological polar surface area (TPSA) is 113 Å². The Bertz CT molecular complexity index is 1040. The first kappa shape index (κ1) is 18.8. The number of nitrogens with zero attached hydrogens (tertiary/aromatic N) is 2. The molecule has 3 aromatic rings. The second-order valence-corrected chi connectivity index (χ2v) is 5.56. The van der Waals surface area contributed by atoms with Crippen molar-refractivity contribution in [3.05, 3.63) is 72.1 Å². The van der Waals surface area contributed by atoms with Crippen molar-refractivity contribution < 1.29 is 23.8 Å². The molecule has 0 aliphatic heterocycles. The summed E-state index contributed by atoms with van der Waals surface area (Å²) in [6.45, 7) is 0. The highest BCUT2D eigenvalue weighted by Crippen LogP contribution is 2.27. The van der Waals surface area contributed by atoms with Crippen LogP contribution in [0.2, 0.25) is 0 Å². The quantitative estimate of drug-likeness (QED) is 0.600. The van der Waals surface area contributed by atoms with Crippen molar-refractivity contribution in [3.63, 3.8) is 0 Å².